The molecule has 3 aromatic rings. The molecule has 6 heteroatoms. The number of aromatic nitrogens is 1. The fourth-order valence-corrected chi connectivity index (χ4v) is 6.42. The summed E-state index contributed by atoms with van der Waals surface area (Å²) in [6, 6.07) is 14.8. The molecule has 0 amide bonds. The third-order valence-electron chi connectivity index (χ3n) is 8.35. The number of aromatic amines is 1. The van der Waals surface area contributed by atoms with E-state index < -0.39 is 5.92 Å². The van der Waals surface area contributed by atoms with Gasteiger partial charge < -0.3 is 9.72 Å². The normalized spacial score (nSPS) is 21.9. The van der Waals surface area contributed by atoms with Crippen LogP contribution in [0.25, 0.3) is 16.5 Å². The molecule has 1 fully saturated rings. The van der Waals surface area contributed by atoms with Gasteiger partial charge in [-0.05, 0) is 96.2 Å². The van der Waals surface area contributed by atoms with Crippen molar-refractivity contribution in [2.75, 3.05) is 26.3 Å². The van der Waals surface area contributed by atoms with Crippen molar-refractivity contribution in [3.05, 3.63) is 82.6 Å². The van der Waals surface area contributed by atoms with Gasteiger partial charge >= 0.3 is 0 Å². The van der Waals surface area contributed by atoms with Crippen molar-refractivity contribution in [3.63, 3.8) is 0 Å². The molecule has 2 aromatic carbocycles. The Bertz CT molecular complexity index is 1350. The van der Waals surface area contributed by atoms with Crippen LogP contribution in [0.1, 0.15) is 61.6 Å². The molecule has 6 rings (SSSR count). The second-order valence-electron chi connectivity index (χ2n) is 10.9. The minimum Gasteiger partial charge on any atom is -0.489 e. The van der Waals surface area contributed by atoms with E-state index in [9.17, 15) is 13.2 Å². The Hall–Kier alpha value is -2.99. The molecule has 38 heavy (non-hydrogen) atoms. The van der Waals surface area contributed by atoms with E-state index in [2.05, 4.69) is 40.2 Å². The van der Waals surface area contributed by atoms with Crippen molar-refractivity contribution < 1.29 is 17.9 Å². The Morgan fingerprint density at radius 1 is 1.03 bits per heavy atom. The Labute approximate surface area is 222 Å². The lowest BCUT2D eigenvalue weighted by Gasteiger charge is -2.25. The summed E-state index contributed by atoms with van der Waals surface area (Å²) in [4.78, 5) is 5.60. The predicted molar refractivity (Wildman–Crippen MR) is 147 cm³/mol. The molecule has 1 aliphatic heterocycles. The fraction of sp³-hybridized carbons (Fsp3) is 0.438. The first-order valence-corrected chi connectivity index (χ1v) is 14.0. The largest absolute Gasteiger partial charge is 0.489 e. The number of hydrogen-bond donors (Lipinski definition) is 1. The standard InChI is InChI=1S/C32H35F3N2O/c33-17-2-19-37-20-14-25(21-37)38-24-7-5-23(6-8-24)31-26(22-11-15-32(34,35)16-12-22)3-1-4-27-28-13-18-36-30(28)10-9-29(27)31/h5-11,13,18,25,36H,1-4,12,14-17,19-21H2/t25-/m0/s1. The number of ether oxygens (including phenoxy) is 1. The molecule has 2 heterocycles. The van der Waals surface area contributed by atoms with E-state index in [0.717, 1.165) is 67.7 Å². The Kier molecular flexibility index (Phi) is 7.08. The maximum Gasteiger partial charge on any atom is 0.251 e. The molecule has 0 unspecified atom stereocenters. The monoisotopic (exact) mass is 520 g/mol. The van der Waals surface area contributed by atoms with Crippen LogP contribution < -0.4 is 4.74 Å². The number of benzene rings is 2. The van der Waals surface area contributed by atoms with Crippen LogP contribution in [-0.4, -0.2) is 48.2 Å². The Morgan fingerprint density at radius 3 is 2.68 bits per heavy atom. The molecular weight excluding hydrogens is 485 g/mol. The first-order chi connectivity index (χ1) is 18.5. The second-order valence-corrected chi connectivity index (χ2v) is 10.9. The zero-order valence-electron chi connectivity index (χ0n) is 21.7. The summed E-state index contributed by atoms with van der Waals surface area (Å²) in [5, 5.41) is 1.24. The van der Waals surface area contributed by atoms with E-state index in [0.29, 0.717) is 12.8 Å². The molecular formula is C32H35F3N2O. The number of alkyl halides is 3. The van der Waals surface area contributed by atoms with Gasteiger partial charge in [0.05, 0.1) is 6.67 Å². The Morgan fingerprint density at radius 2 is 1.89 bits per heavy atom. The van der Waals surface area contributed by atoms with E-state index in [1.54, 1.807) is 6.08 Å². The van der Waals surface area contributed by atoms with Crippen LogP contribution in [0.4, 0.5) is 13.2 Å². The predicted octanol–water partition coefficient (Wildman–Crippen LogP) is 7.86. The third kappa shape index (κ3) is 5.15. The quantitative estimate of drug-likeness (QED) is 0.343. The van der Waals surface area contributed by atoms with Crippen LogP contribution in [0.15, 0.2) is 65.9 Å². The van der Waals surface area contributed by atoms with Crippen molar-refractivity contribution in [3.8, 4) is 5.75 Å². The highest BCUT2D eigenvalue weighted by Crippen LogP contribution is 2.44. The molecule has 1 aromatic heterocycles. The molecule has 1 N–H and O–H groups in total. The van der Waals surface area contributed by atoms with Gasteiger partial charge in [-0.2, -0.15) is 0 Å². The summed E-state index contributed by atoms with van der Waals surface area (Å²) in [5.41, 5.74) is 8.21. The molecule has 3 aliphatic rings. The summed E-state index contributed by atoms with van der Waals surface area (Å²) < 4.78 is 46.9. The zero-order chi connectivity index (χ0) is 26.1. The number of nitrogens with one attached hydrogen (secondary N) is 1. The highest BCUT2D eigenvalue weighted by atomic mass is 19.3. The number of rotatable bonds is 7. The summed E-state index contributed by atoms with van der Waals surface area (Å²) in [5.74, 6) is -1.77. The minimum absolute atomic E-state index is 0.0875. The second kappa shape index (κ2) is 10.6. The number of fused-ring (bicyclic) bond motifs is 3. The maximum absolute atomic E-state index is 14.0. The first-order valence-electron chi connectivity index (χ1n) is 14.0. The highest BCUT2D eigenvalue weighted by Gasteiger charge is 2.33. The van der Waals surface area contributed by atoms with Gasteiger partial charge in [0.15, 0.2) is 0 Å². The third-order valence-corrected chi connectivity index (χ3v) is 8.35. The van der Waals surface area contributed by atoms with Crippen LogP contribution >= 0.6 is 0 Å². The average molecular weight is 521 g/mol. The van der Waals surface area contributed by atoms with Gasteiger partial charge in [0, 0.05) is 49.6 Å². The fourth-order valence-electron chi connectivity index (χ4n) is 6.42. The minimum atomic E-state index is -2.61. The zero-order valence-corrected chi connectivity index (χ0v) is 21.7. The number of hydrogen-bond acceptors (Lipinski definition) is 2. The number of H-pyrrole nitrogens is 1. The first kappa shape index (κ1) is 25.3. The van der Waals surface area contributed by atoms with E-state index in [1.807, 2.05) is 18.3 Å². The number of aryl methyl sites for hydroxylation is 1. The van der Waals surface area contributed by atoms with Gasteiger partial charge in [-0.3, -0.25) is 9.29 Å². The number of likely N-dealkylation sites (tertiary alicyclic amines) is 1. The maximum atomic E-state index is 14.0. The van der Waals surface area contributed by atoms with E-state index in [-0.39, 0.29) is 25.6 Å². The van der Waals surface area contributed by atoms with Gasteiger partial charge in [-0.15, -0.1) is 0 Å². The lowest BCUT2D eigenvalue weighted by atomic mass is 9.83. The molecule has 0 radical (unpaired) electrons. The average Bonchev–Trinajstić information content (AvgIpc) is 3.54. The van der Waals surface area contributed by atoms with Gasteiger partial charge in [-0.25, -0.2) is 8.78 Å². The number of halogens is 3. The van der Waals surface area contributed by atoms with Gasteiger partial charge in [0.25, 0.3) is 5.92 Å². The highest BCUT2D eigenvalue weighted by molar-refractivity contribution is 5.94. The van der Waals surface area contributed by atoms with Crippen LogP contribution in [0.3, 0.4) is 0 Å². The molecule has 1 atom stereocenters. The molecule has 200 valence electrons. The van der Waals surface area contributed by atoms with Gasteiger partial charge in [-0.1, -0.05) is 24.3 Å². The van der Waals surface area contributed by atoms with Gasteiger partial charge in [0.1, 0.15) is 11.9 Å². The van der Waals surface area contributed by atoms with Gasteiger partial charge in [0.2, 0.25) is 0 Å². The van der Waals surface area contributed by atoms with Crippen molar-refractivity contribution in [1.29, 1.82) is 0 Å². The number of allylic oxidation sites excluding steroid dienone is 3. The lowest BCUT2D eigenvalue weighted by molar-refractivity contribution is -0.00837. The van der Waals surface area contributed by atoms with Crippen molar-refractivity contribution in [1.82, 2.24) is 9.88 Å². The van der Waals surface area contributed by atoms with Crippen molar-refractivity contribution in [2.45, 2.75) is 63.4 Å². The lowest BCUT2D eigenvalue weighted by Crippen LogP contribution is -2.26. The van der Waals surface area contributed by atoms with Crippen molar-refractivity contribution in [2.24, 2.45) is 0 Å². The van der Waals surface area contributed by atoms with E-state index >= 15 is 0 Å². The molecule has 1 saturated heterocycles. The van der Waals surface area contributed by atoms with Crippen LogP contribution in [0.2, 0.25) is 0 Å². The van der Waals surface area contributed by atoms with E-state index in [1.165, 1.54) is 27.7 Å². The molecule has 0 saturated carbocycles. The van der Waals surface area contributed by atoms with Crippen molar-refractivity contribution >= 4 is 16.5 Å². The van der Waals surface area contributed by atoms with Crippen LogP contribution in [0.5, 0.6) is 5.75 Å². The molecule has 3 nitrogen and oxygen atoms in total. The molecule has 0 spiro atoms. The smallest absolute Gasteiger partial charge is 0.251 e. The van der Waals surface area contributed by atoms with Crippen LogP contribution in [0, 0.1) is 0 Å². The Balaban J connectivity index is 1.34. The number of nitrogens with zero attached hydrogens (tertiary/aromatic N) is 1. The molecule has 2 aliphatic carbocycles. The van der Waals surface area contributed by atoms with Crippen LogP contribution in [-0.2, 0) is 6.42 Å². The SMILES string of the molecule is FCCCN1CC[C@H](Oc2ccc(C3=C(C4=CCC(F)(F)CC4)CCCc4c3ccc3[nH]ccc43)cc2)C1. The summed E-state index contributed by atoms with van der Waals surface area (Å²) in [7, 11) is 0. The summed E-state index contributed by atoms with van der Waals surface area (Å²) >= 11 is 0. The topological polar surface area (TPSA) is 28.3 Å². The van der Waals surface area contributed by atoms with E-state index in [4.69, 9.17) is 4.74 Å². The summed E-state index contributed by atoms with van der Waals surface area (Å²) in [6.45, 7) is 2.27. The summed E-state index contributed by atoms with van der Waals surface area (Å²) in [6.07, 6.45) is 8.38. The molecule has 0 bridgehead atoms.